The lowest BCUT2D eigenvalue weighted by Crippen LogP contribution is -2.14. The van der Waals surface area contributed by atoms with Gasteiger partial charge in [0.1, 0.15) is 5.76 Å². The van der Waals surface area contributed by atoms with Crippen molar-refractivity contribution in [3.8, 4) is 0 Å². The molecule has 1 aliphatic carbocycles. The predicted octanol–water partition coefficient (Wildman–Crippen LogP) is 3.52. The molecule has 1 aliphatic rings. The molecule has 0 heterocycles. The van der Waals surface area contributed by atoms with Crippen molar-refractivity contribution >= 4 is 29.6 Å². The lowest BCUT2D eigenvalue weighted by Gasteiger charge is -2.12. The molecule has 25 heavy (non-hydrogen) atoms. The first kappa shape index (κ1) is 18.5. The number of hydrogen-bond donors (Lipinski definition) is 3. The number of rotatable bonds is 7. The van der Waals surface area contributed by atoms with Crippen molar-refractivity contribution in [1.82, 2.24) is 5.48 Å². The summed E-state index contributed by atoms with van der Waals surface area (Å²) in [7, 11) is 1.68. The number of nitrogens with zero attached hydrogens (tertiary/aromatic N) is 1. The SMILES string of the molecule is COC1=CCCC(CCC=Nc2cc(/C=C/C(=O)NO)ccc2N)=C1. The van der Waals surface area contributed by atoms with Gasteiger partial charge >= 0.3 is 0 Å². The van der Waals surface area contributed by atoms with E-state index in [9.17, 15) is 4.79 Å². The summed E-state index contributed by atoms with van der Waals surface area (Å²) in [6.07, 6.45) is 12.6. The molecule has 0 fully saturated rings. The molecule has 0 bridgehead atoms. The second kappa shape index (κ2) is 9.44. The summed E-state index contributed by atoms with van der Waals surface area (Å²) >= 11 is 0. The van der Waals surface area contributed by atoms with E-state index in [1.54, 1.807) is 36.9 Å². The Morgan fingerprint density at radius 3 is 3.08 bits per heavy atom. The molecule has 4 N–H and O–H groups in total. The summed E-state index contributed by atoms with van der Waals surface area (Å²) in [5.74, 6) is 0.334. The highest BCUT2D eigenvalue weighted by atomic mass is 16.5. The molecule has 0 saturated heterocycles. The van der Waals surface area contributed by atoms with E-state index < -0.39 is 5.91 Å². The zero-order valence-corrected chi connectivity index (χ0v) is 14.2. The van der Waals surface area contributed by atoms with Gasteiger partial charge in [-0.1, -0.05) is 11.6 Å². The van der Waals surface area contributed by atoms with Gasteiger partial charge in [0.15, 0.2) is 0 Å². The number of hydroxylamine groups is 1. The topological polar surface area (TPSA) is 96.9 Å². The van der Waals surface area contributed by atoms with Gasteiger partial charge in [-0.3, -0.25) is 15.0 Å². The van der Waals surface area contributed by atoms with E-state index in [1.165, 1.54) is 11.6 Å². The van der Waals surface area contributed by atoms with Gasteiger partial charge in [-0.15, -0.1) is 0 Å². The van der Waals surface area contributed by atoms with Gasteiger partial charge in [-0.2, -0.15) is 0 Å². The fraction of sp³-hybridized carbons (Fsp3) is 0.263. The Morgan fingerprint density at radius 2 is 2.32 bits per heavy atom. The normalized spacial score (nSPS) is 14.5. The molecule has 1 aromatic carbocycles. The van der Waals surface area contributed by atoms with E-state index in [2.05, 4.69) is 17.1 Å². The number of nitrogen functional groups attached to an aromatic ring is 1. The van der Waals surface area contributed by atoms with Crippen molar-refractivity contribution in [2.75, 3.05) is 12.8 Å². The minimum atomic E-state index is -0.591. The van der Waals surface area contributed by atoms with Crippen molar-refractivity contribution in [2.24, 2.45) is 4.99 Å². The van der Waals surface area contributed by atoms with Crippen LogP contribution >= 0.6 is 0 Å². The van der Waals surface area contributed by atoms with Gasteiger partial charge in [0.05, 0.1) is 18.5 Å². The Morgan fingerprint density at radius 1 is 1.48 bits per heavy atom. The molecule has 0 spiro atoms. The van der Waals surface area contributed by atoms with Crippen LogP contribution in [0.25, 0.3) is 6.08 Å². The number of allylic oxidation sites excluding steroid dienone is 3. The third-order valence-corrected chi connectivity index (χ3v) is 3.81. The number of anilines is 1. The molecule has 0 atom stereocenters. The van der Waals surface area contributed by atoms with Crippen LogP contribution < -0.4 is 11.2 Å². The van der Waals surface area contributed by atoms with E-state index >= 15 is 0 Å². The molecular formula is C19H23N3O3. The van der Waals surface area contributed by atoms with Crippen LogP contribution in [0.3, 0.4) is 0 Å². The first-order valence-electron chi connectivity index (χ1n) is 8.10. The van der Waals surface area contributed by atoms with Gasteiger partial charge in [0, 0.05) is 12.3 Å². The minimum Gasteiger partial charge on any atom is -0.497 e. The van der Waals surface area contributed by atoms with Crippen LogP contribution in [0.15, 0.2) is 52.8 Å². The molecule has 6 heteroatoms. The summed E-state index contributed by atoms with van der Waals surface area (Å²) in [5, 5.41) is 8.48. The zero-order chi connectivity index (χ0) is 18.1. The summed E-state index contributed by atoms with van der Waals surface area (Å²) in [6.45, 7) is 0. The Balaban J connectivity index is 1.96. The Kier molecular flexibility index (Phi) is 6.98. The van der Waals surface area contributed by atoms with E-state index in [-0.39, 0.29) is 0 Å². The molecule has 0 radical (unpaired) electrons. The maximum atomic E-state index is 11.0. The smallest absolute Gasteiger partial charge is 0.267 e. The number of benzene rings is 1. The lowest BCUT2D eigenvalue weighted by molar-refractivity contribution is -0.124. The van der Waals surface area contributed by atoms with Crippen LogP contribution in [-0.2, 0) is 9.53 Å². The third kappa shape index (κ3) is 5.93. The summed E-state index contributed by atoms with van der Waals surface area (Å²) in [4.78, 5) is 15.5. The van der Waals surface area contributed by atoms with E-state index in [1.807, 2.05) is 6.21 Å². The Hall–Kier alpha value is -2.86. The van der Waals surface area contributed by atoms with Crippen molar-refractivity contribution in [2.45, 2.75) is 25.7 Å². The van der Waals surface area contributed by atoms with Crippen molar-refractivity contribution in [3.63, 3.8) is 0 Å². The van der Waals surface area contributed by atoms with Crippen LogP contribution in [0.4, 0.5) is 11.4 Å². The maximum absolute atomic E-state index is 11.0. The molecule has 0 aliphatic heterocycles. The van der Waals surface area contributed by atoms with Crippen molar-refractivity contribution < 1.29 is 14.7 Å². The van der Waals surface area contributed by atoms with Gasteiger partial charge in [0.2, 0.25) is 0 Å². The minimum absolute atomic E-state index is 0.571. The number of hydrogen-bond acceptors (Lipinski definition) is 5. The van der Waals surface area contributed by atoms with Crippen LogP contribution in [0.2, 0.25) is 0 Å². The molecule has 0 unspecified atom stereocenters. The molecule has 2 rings (SSSR count). The molecule has 0 aromatic heterocycles. The summed E-state index contributed by atoms with van der Waals surface area (Å²) in [6, 6.07) is 5.31. The second-order valence-corrected chi connectivity index (χ2v) is 5.63. The zero-order valence-electron chi connectivity index (χ0n) is 14.2. The number of amides is 1. The van der Waals surface area contributed by atoms with Crippen molar-refractivity contribution in [3.05, 3.63) is 53.3 Å². The average molecular weight is 341 g/mol. The number of aliphatic imine (C=N–C) groups is 1. The number of nitrogens with one attached hydrogen (secondary N) is 1. The standard InChI is InChI=1S/C19H23N3O3/c1-25-16-6-2-4-14(12-16)5-3-11-21-18-13-15(7-9-17(18)20)8-10-19(23)22-24/h6-13,24H,2-5,20H2,1H3,(H,22,23)/b10-8+,21-11?. The largest absolute Gasteiger partial charge is 0.497 e. The quantitative estimate of drug-likeness (QED) is 0.232. The first-order chi connectivity index (χ1) is 12.1. The second-order valence-electron chi connectivity index (χ2n) is 5.63. The van der Waals surface area contributed by atoms with Crippen LogP contribution in [0, 0.1) is 0 Å². The van der Waals surface area contributed by atoms with Gasteiger partial charge in [-0.05, 0) is 61.6 Å². The molecule has 132 valence electrons. The highest BCUT2D eigenvalue weighted by Crippen LogP contribution is 2.25. The fourth-order valence-corrected chi connectivity index (χ4v) is 2.47. The fourth-order valence-electron chi connectivity index (χ4n) is 2.47. The lowest BCUT2D eigenvalue weighted by atomic mass is 10.00. The van der Waals surface area contributed by atoms with E-state index in [4.69, 9.17) is 15.7 Å². The number of carbonyl (C=O) groups is 1. The van der Waals surface area contributed by atoms with Gasteiger partial charge in [-0.25, -0.2) is 5.48 Å². The average Bonchev–Trinajstić information content (AvgIpc) is 2.65. The predicted molar refractivity (Wildman–Crippen MR) is 99.6 cm³/mol. The number of ether oxygens (including phenoxy) is 1. The molecule has 1 amide bonds. The molecule has 6 nitrogen and oxygen atoms in total. The monoisotopic (exact) mass is 341 g/mol. The van der Waals surface area contributed by atoms with Gasteiger partial charge in [0.25, 0.3) is 5.91 Å². The Labute approximate surface area is 147 Å². The van der Waals surface area contributed by atoms with Crippen molar-refractivity contribution in [1.29, 1.82) is 0 Å². The molecule has 0 saturated carbocycles. The van der Waals surface area contributed by atoms with E-state index in [0.717, 1.165) is 37.0 Å². The van der Waals surface area contributed by atoms with E-state index in [0.29, 0.717) is 11.4 Å². The van der Waals surface area contributed by atoms with Crippen LogP contribution in [-0.4, -0.2) is 24.4 Å². The molecule has 1 aromatic rings. The number of nitrogens with two attached hydrogens (primary N) is 1. The summed E-state index contributed by atoms with van der Waals surface area (Å²) < 4.78 is 5.26. The highest BCUT2D eigenvalue weighted by Gasteiger charge is 2.05. The summed E-state index contributed by atoms with van der Waals surface area (Å²) in [5.41, 5.74) is 10.8. The first-order valence-corrected chi connectivity index (χ1v) is 8.10. The third-order valence-electron chi connectivity index (χ3n) is 3.81. The van der Waals surface area contributed by atoms with Crippen LogP contribution in [0.1, 0.15) is 31.2 Å². The molecular weight excluding hydrogens is 318 g/mol. The number of carbonyl (C=O) groups excluding carboxylic acids is 1. The van der Waals surface area contributed by atoms with Gasteiger partial charge < -0.3 is 10.5 Å². The maximum Gasteiger partial charge on any atom is 0.267 e. The number of methoxy groups -OCH3 is 1. The highest BCUT2D eigenvalue weighted by molar-refractivity contribution is 5.91. The Bertz CT molecular complexity index is 733. The van der Waals surface area contributed by atoms with Crippen LogP contribution in [0.5, 0.6) is 0 Å².